The van der Waals surface area contributed by atoms with Gasteiger partial charge >= 0.3 is 0 Å². The Morgan fingerprint density at radius 3 is 2.33 bits per heavy atom. The van der Waals surface area contributed by atoms with Gasteiger partial charge in [0.05, 0.1) is 0 Å². The standard InChI is InChI=1S/C13H17F3N2/c1-8(2)18-4-3-10(7-18)17-13-11(15)5-9(14)6-12(13)16/h5-6,8,10,17H,3-4,7H2,1-2H3. The highest BCUT2D eigenvalue weighted by atomic mass is 19.1. The first-order valence-corrected chi connectivity index (χ1v) is 6.12. The molecule has 1 aromatic rings. The number of nitrogens with zero attached hydrogens (tertiary/aromatic N) is 1. The zero-order chi connectivity index (χ0) is 13.3. The lowest BCUT2D eigenvalue weighted by molar-refractivity contribution is 0.274. The van der Waals surface area contributed by atoms with Crippen LogP contribution in [0.4, 0.5) is 18.9 Å². The van der Waals surface area contributed by atoms with Crippen LogP contribution in [0.2, 0.25) is 0 Å². The molecule has 5 heteroatoms. The second-order valence-electron chi connectivity index (χ2n) is 4.96. The Bertz CT molecular complexity index is 411. The van der Waals surface area contributed by atoms with Crippen LogP contribution in [0, 0.1) is 17.5 Å². The number of rotatable bonds is 3. The van der Waals surface area contributed by atoms with Crippen LogP contribution in [0.3, 0.4) is 0 Å². The average Bonchev–Trinajstić information content (AvgIpc) is 2.71. The molecule has 0 spiro atoms. The SMILES string of the molecule is CC(C)N1CCC(Nc2c(F)cc(F)cc2F)C1. The molecule has 1 N–H and O–H groups in total. The minimum atomic E-state index is -0.897. The topological polar surface area (TPSA) is 15.3 Å². The monoisotopic (exact) mass is 258 g/mol. The summed E-state index contributed by atoms with van der Waals surface area (Å²) in [5, 5.41) is 2.83. The molecule has 0 saturated carbocycles. The molecule has 18 heavy (non-hydrogen) atoms. The smallest absolute Gasteiger partial charge is 0.152 e. The molecule has 2 rings (SSSR count). The maximum Gasteiger partial charge on any atom is 0.152 e. The van der Waals surface area contributed by atoms with Crippen LogP contribution >= 0.6 is 0 Å². The van der Waals surface area contributed by atoms with Gasteiger partial charge in [-0.15, -0.1) is 0 Å². The van der Waals surface area contributed by atoms with E-state index in [9.17, 15) is 13.2 Å². The molecule has 2 nitrogen and oxygen atoms in total. The molecular weight excluding hydrogens is 241 g/mol. The average molecular weight is 258 g/mol. The first-order valence-electron chi connectivity index (χ1n) is 6.12. The van der Waals surface area contributed by atoms with Gasteiger partial charge in [-0.1, -0.05) is 0 Å². The largest absolute Gasteiger partial charge is 0.376 e. The Balaban J connectivity index is 2.07. The molecule has 1 atom stereocenters. The van der Waals surface area contributed by atoms with Crippen molar-refractivity contribution in [3.05, 3.63) is 29.6 Å². The van der Waals surface area contributed by atoms with E-state index in [1.165, 1.54) is 0 Å². The molecule has 1 unspecified atom stereocenters. The Labute approximate surface area is 105 Å². The number of benzene rings is 1. The van der Waals surface area contributed by atoms with Crippen molar-refractivity contribution in [3.8, 4) is 0 Å². The van der Waals surface area contributed by atoms with Gasteiger partial charge in [0.15, 0.2) is 11.6 Å². The quantitative estimate of drug-likeness (QED) is 0.896. The fraction of sp³-hybridized carbons (Fsp3) is 0.538. The fourth-order valence-corrected chi connectivity index (χ4v) is 2.26. The summed E-state index contributed by atoms with van der Waals surface area (Å²) in [6, 6.07) is 1.81. The number of halogens is 3. The van der Waals surface area contributed by atoms with Gasteiger partial charge in [-0.2, -0.15) is 0 Å². The van der Waals surface area contributed by atoms with Gasteiger partial charge < -0.3 is 5.32 Å². The number of likely N-dealkylation sites (tertiary alicyclic amines) is 1. The van der Waals surface area contributed by atoms with E-state index in [1.807, 2.05) is 0 Å². The lowest BCUT2D eigenvalue weighted by Gasteiger charge is -2.21. The number of hydrogen-bond donors (Lipinski definition) is 1. The summed E-state index contributed by atoms with van der Waals surface area (Å²) in [5.74, 6) is -2.66. The lowest BCUT2D eigenvalue weighted by Crippen LogP contribution is -2.31. The third-order valence-electron chi connectivity index (χ3n) is 3.31. The van der Waals surface area contributed by atoms with Crippen LogP contribution in [0.1, 0.15) is 20.3 Å². The third kappa shape index (κ3) is 2.77. The lowest BCUT2D eigenvalue weighted by atomic mass is 10.2. The second kappa shape index (κ2) is 5.18. The molecule has 1 aliphatic rings. The third-order valence-corrected chi connectivity index (χ3v) is 3.31. The second-order valence-corrected chi connectivity index (χ2v) is 4.96. The maximum absolute atomic E-state index is 13.5. The van der Waals surface area contributed by atoms with Crippen molar-refractivity contribution >= 4 is 5.69 Å². The highest BCUT2D eigenvalue weighted by Gasteiger charge is 2.25. The van der Waals surface area contributed by atoms with Gasteiger partial charge in [0.1, 0.15) is 11.5 Å². The fourth-order valence-electron chi connectivity index (χ4n) is 2.26. The van der Waals surface area contributed by atoms with E-state index in [2.05, 4.69) is 24.1 Å². The summed E-state index contributed by atoms with van der Waals surface area (Å²) < 4.78 is 39.7. The first-order chi connectivity index (χ1) is 8.47. The van der Waals surface area contributed by atoms with Crippen molar-refractivity contribution in [2.24, 2.45) is 0 Å². The van der Waals surface area contributed by atoms with E-state index >= 15 is 0 Å². The Morgan fingerprint density at radius 1 is 1.22 bits per heavy atom. The molecule has 0 aromatic heterocycles. The first kappa shape index (κ1) is 13.2. The van der Waals surface area contributed by atoms with E-state index in [0.29, 0.717) is 18.2 Å². The van der Waals surface area contributed by atoms with Crippen molar-refractivity contribution in [3.63, 3.8) is 0 Å². The van der Waals surface area contributed by atoms with E-state index in [-0.39, 0.29) is 11.7 Å². The summed E-state index contributed by atoms with van der Waals surface area (Å²) in [5.41, 5.74) is -0.230. The predicted octanol–water partition coefficient (Wildman–Crippen LogP) is 3.00. The minimum Gasteiger partial charge on any atom is -0.376 e. The van der Waals surface area contributed by atoms with Crippen LogP contribution in [-0.2, 0) is 0 Å². The summed E-state index contributed by atoms with van der Waals surface area (Å²) in [6.45, 7) is 5.82. The number of nitrogens with one attached hydrogen (secondary N) is 1. The molecule has 1 aliphatic heterocycles. The molecule has 0 aliphatic carbocycles. The molecule has 100 valence electrons. The zero-order valence-electron chi connectivity index (χ0n) is 10.5. The molecular formula is C13H17F3N2. The van der Waals surface area contributed by atoms with Crippen LogP contribution in [0.25, 0.3) is 0 Å². The van der Waals surface area contributed by atoms with E-state index in [1.54, 1.807) is 0 Å². The van der Waals surface area contributed by atoms with Crippen LogP contribution in [0.15, 0.2) is 12.1 Å². The summed E-state index contributed by atoms with van der Waals surface area (Å²) in [4.78, 5) is 2.23. The van der Waals surface area contributed by atoms with Crippen molar-refractivity contribution in [2.75, 3.05) is 18.4 Å². The Hall–Kier alpha value is -1.23. The van der Waals surface area contributed by atoms with Gasteiger partial charge in [-0.3, -0.25) is 4.90 Å². The van der Waals surface area contributed by atoms with E-state index in [4.69, 9.17) is 0 Å². The molecule has 1 fully saturated rings. The van der Waals surface area contributed by atoms with Crippen LogP contribution in [0.5, 0.6) is 0 Å². The van der Waals surface area contributed by atoms with E-state index < -0.39 is 17.5 Å². The van der Waals surface area contributed by atoms with Crippen LogP contribution in [-0.4, -0.2) is 30.1 Å². The van der Waals surface area contributed by atoms with Crippen molar-refractivity contribution in [1.29, 1.82) is 0 Å². The highest BCUT2D eigenvalue weighted by Crippen LogP contribution is 2.23. The molecule has 1 aromatic carbocycles. The number of hydrogen-bond acceptors (Lipinski definition) is 2. The van der Waals surface area contributed by atoms with Crippen molar-refractivity contribution in [2.45, 2.75) is 32.4 Å². The highest BCUT2D eigenvalue weighted by molar-refractivity contribution is 5.47. The number of anilines is 1. The molecule has 0 amide bonds. The Kier molecular flexibility index (Phi) is 3.80. The predicted molar refractivity (Wildman–Crippen MR) is 65.1 cm³/mol. The zero-order valence-corrected chi connectivity index (χ0v) is 10.5. The molecule has 0 radical (unpaired) electrons. The van der Waals surface area contributed by atoms with Gasteiger partial charge in [-0.05, 0) is 20.3 Å². The van der Waals surface area contributed by atoms with Crippen molar-refractivity contribution < 1.29 is 13.2 Å². The Morgan fingerprint density at radius 2 is 1.83 bits per heavy atom. The molecule has 0 bridgehead atoms. The summed E-state index contributed by atoms with van der Waals surface area (Å²) in [7, 11) is 0. The molecule has 1 saturated heterocycles. The summed E-state index contributed by atoms with van der Waals surface area (Å²) in [6.07, 6.45) is 0.828. The summed E-state index contributed by atoms with van der Waals surface area (Å²) >= 11 is 0. The maximum atomic E-state index is 13.5. The van der Waals surface area contributed by atoms with Gasteiger partial charge in [0.2, 0.25) is 0 Å². The van der Waals surface area contributed by atoms with Gasteiger partial charge in [0, 0.05) is 37.3 Å². The van der Waals surface area contributed by atoms with Crippen LogP contribution < -0.4 is 5.32 Å². The molecule has 1 heterocycles. The van der Waals surface area contributed by atoms with Crippen molar-refractivity contribution in [1.82, 2.24) is 4.90 Å². The van der Waals surface area contributed by atoms with Gasteiger partial charge in [-0.25, -0.2) is 13.2 Å². The normalized spacial score (nSPS) is 20.7. The minimum absolute atomic E-state index is 0.00172. The van der Waals surface area contributed by atoms with E-state index in [0.717, 1.165) is 19.5 Å². The van der Waals surface area contributed by atoms with Gasteiger partial charge in [0.25, 0.3) is 0 Å².